The molecule has 1 aromatic carbocycles. The summed E-state index contributed by atoms with van der Waals surface area (Å²) in [6.45, 7) is 1.17. The Hall–Kier alpha value is -1.73. The second-order valence-corrected chi connectivity index (χ2v) is 3.79. The Morgan fingerprint density at radius 2 is 1.79 bits per heavy atom. The van der Waals surface area contributed by atoms with E-state index in [1.807, 2.05) is 0 Å². The summed E-state index contributed by atoms with van der Waals surface area (Å²) in [5.41, 5.74) is -0.0303. The maximum absolute atomic E-state index is 12.9. The first-order valence-corrected chi connectivity index (χ1v) is 5.08. The predicted octanol–water partition coefficient (Wildman–Crippen LogP) is 3.04. The van der Waals surface area contributed by atoms with Crippen molar-refractivity contribution in [3.8, 4) is 0 Å². The number of amides is 1. The van der Waals surface area contributed by atoms with Gasteiger partial charge in [-0.2, -0.15) is 8.78 Å². The number of nitrogens with one attached hydrogen (secondary N) is 1. The Balaban J connectivity index is 2.82. The first-order chi connectivity index (χ1) is 8.66. The highest BCUT2D eigenvalue weighted by molar-refractivity contribution is 5.84. The van der Waals surface area contributed by atoms with Crippen LogP contribution in [0.2, 0.25) is 0 Å². The topological polar surface area (TPSA) is 29.1 Å². The van der Waals surface area contributed by atoms with Gasteiger partial charge in [-0.3, -0.25) is 4.79 Å². The Morgan fingerprint density at radius 3 is 2.26 bits per heavy atom. The van der Waals surface area contributed by atoms with Crippen molar-refractivity contribution in [1.82, 2.24) is 5.32 Å². The average Bonchev–Trinajstić information content (AvgIpc) is 2.32. The van der Waals surface area contributed by atoms with E-state index in [4.69, 9.17) is 0 Å². The van der Waals surface area contributed by atoms with Crippen LogP contribution >= 0.6 is 0 Å². The lowest BCUT2D eigenvalue weighted by Gasteiger charge is -2.19. The van der Waals surface area contributed by atoms with Crippen LogP contribution in [0.15, 0.2) is 18.2 Å². The molecule has 0 aliphatic rings. The molecule has 1 rings (SSSR count). The van der Waals surface area contributed by atoms with Crippen LogP contribution in [0.25, 0.3) is 0 Å². The highest BCUT2D eigenvalue weighted by Gasteiger charge is 2.49. The largest absolute Gasteiger partial charge is 0.383 e. The summed E-state index contributed by atoms with van der Waals surface area (Å²) in [5, 5.41) is 1.61. The van der Waals surface area contributed by atoms with Gasteiger partial charge in [-0.1, -0.05) is 6.07 Å². The van der Waals surface area contributed by atoms with E-state index in [1.54, 1.807) is 5.32 Å². The molecule has 0 spiro atoms. The third kappa shape index (κ3) is 3.39. The van der Waals surface area contributed by atoms with Crippen molar-refractivity contribution in [1.29, 1.82) is 0 Å². The first-order valence-electron chi connectivity index (χ1n) is 5.08. The monoisotopic (exact) mass is 285 g/mol. The van der Waals surface area contributed by atoms with Crippen molar-refractivity contribution in [3.63, 3.8) is 0 Å². The zero-order valence-corrected chi connectivity index (χ0v) is 9.56. The van der Waals surface area contributed by atoms with Crippen molar-refractivity contribution in [2.45, 2.75) is 25.3 Å². The fourth-order valence-corrected chi connectivity index (χ4v) is 1.26. The molecule has 0 saturated carbocycles. The van der Waals surface area contributed by atoms with Gasteiger partial charge in [0.05, 0.1) is 6.04 Å². The van der Waals surface area contributed by atoms with E-state index in [2.05, 4.69) is 0 Å². The average molecular weight is 285 g/mol. The van der Waals surface area contributed by atoms with Crippen LogP contribution in [-0.2, 0) is 4.79 Å². The first kappa shape index (κ1) is 15.3. The molecule has 8 heteroatoms. The van der Waals surface area contributed by atoms with E-state index in [0.717, 1.165) is 12.1 Å². The van der Waals surface area contributed by atoms with Crippen molar-refractivity contribution in [3.05, 3.63) is 35.4 Å². The highest BCUT2D eigenvalue weighted by Crippen LogP contribution is 2.24. The smallest absolute Gasteiger partial charge is 0.344 e. The van der Waals surface area contributed by atoms with Crippen molar-refractivity contribution in [2.24, 2.45) is 0 Å². The fraction of sp³-hybridized carbons (Fsp3) is 0.364. The molecule has 0 fully saturated rings. The van der Waals surface area contributed by atoms with Gasteiger partial charge < -0.3 is 5.32 Å². The highest BCUT2D eigenvalue weighted by atomic mass is 19.3. The molecule has 0 bridgehead atoms. The van der Waals surface area contributed by atoms with Gasteiger partial charge in [0.25, 0.3) is 5.91 Å². The molecule has 1 aromatic rings. The molecule has 0 aliphatic heterocycles. The minimum absolute atomic E-state index is 0.0303. The Labute approximate surface area is 104 Å². The molecule has 1 unspecified atom stereocenters. The zero-order chi connectivity index (χ0) is 14.8. The lowest BCUT2D eigenvalue weighted by molar-refractivity contribution is -0.170. The van der Waals surface area contributed by atoms with Crippen molar-refractivity contribution < 1.29 is 31.1 Å². The number of rotatable bonds is 4. The van der Waals surface area contributed by atoms with E-state index in [9.17, 15) is 31.1 Å². The molecule has 0 saturated heterocycles. The van der Waals surface area contributed by atoms with E-state index in [-0.39, 0.29) is 5.56 Å². The molecule has 1 N–H and O–H groups in total. The number of hydrogen-bond donors (Lipinski definition) is 1. The molecule has 0 aromatic heterocycles. The standard InChI is InChI=1S/C11H9F6NO/c1-5(6-2-3-7(12)8(13)4-6)18-10(19)11(16,17)9(14)15/h2-5,9H,1H3,(H,18,19). The van der Waals surface area contributed by atoms with Gasteiger partial charge >= 0.3 is 12.3 Å². The maximum atomic E-state index is 12.9. The molecular formula is C11H9F6NO. The van der Waals surface area contributed by atoms with Crippen LogP contribution in [0, 0.1) is 11.6 Å². The van der Waals surface area contributed by atoms with Crippen LogP contribution in [0.3, 0.4) is 0 Å². The van der Waals surface area contributed by atoms with Crippen LogP contribution in [-0.4, -0.2) is 18.3 Å². The van der Waals surface area contributed by atoms with Crippen LogP contribution in [0.4, 0.5) is 26.3 Å². The molecule has 0 radical (unpaired) electrons. The van der Waals surface area contributed by atoms with E-state index < -0.39 is 35.9 Å². The van der Waals surface area contributed by atoms with Crippen molar-refractivity contribution in [2.75, 3.05) is 0 Å². The quantitative estimate of drug-likeness (QED) is 0.846. The van der Waals surface area contributed by atoms with Crippen LogP contribution in [0.1, 0.15) is 18.5 Å². The van der Waals surface area contributed by atoms with Gasteiger partial charge in [-0.25, -0.2) is 17.6 Å². The molecule has 1 amide bonds. The number of benzene rings is 1. The van der Waals surface area contributed by atoms with E-state index in [0.29, 0.717) is 6.07 Å². The van der Waals surface area contributed by atoms with E-state index in [1.165, 1.54) is 6.92 Å². The third-order valence-corrected chi connectivity index (χ3v) is 2.37. The van der Waals surface area contributed by atoms with Crippen LogP contribution in [0.5, 0.6) is 0 Å². The SMILES string of the molecule is CC(NC(=O)C(F)(F)C(F)F)c1ccc(F)c(F)c1. The summed E-state index contributed by atoms with van der Waals surface area (Å²) in [4.78, 5) is 10.9. The number of halogens is 6. The molecule has 0 aliphatic carbocycles. The molecular weight excluding hydrogens is 276 g/mol. The van der Waals surface area contributed by atoms with Gasteiger partial charge in [-0.15, -0.1) is 0 Å². The maximum Gasteiger partial charge on any atom is 0.383 e. The van der Waals surface area contributed by atoms with Gasteiger partial charge in [0, 0.05) is 0 Å². The second kappa shape index (κ2) is 5.50. The number of alkyl halides is 4. The van der Waals surface area contributed by atoms with Crippen molar-refractivity contribution >= 4 is 5.91 Å². The zero-order valence-electron chi connectivity index (χ0n) is 9.56. The summed E-state index contributed by atoms with van der Waals surface area (Å²) >= 11 is 0. The van der Waals surface area contributed by atoms with Crippen LogP contribution < -0.4 is 5.32 Å². The van der Waals surface area contributed by atoms with Gasteiger partial charge in [0.1, 0.15) is 0 Å². The minimum atomic E-state index is -4.84. The lowest BCUT2D eigenvalue weighted by atomic mass is 10.1. The summed E-state index contributed by atoms with van der Waals surface area (Å²) in [6, 6.07) is 1.29. The molecule has 106 valence electrons. The summed E-state index contributed by atoms with van der Waals surface area (Å²) in [7, 11) is 0. The van der Waals surface area contributed by atoms with Gasteiger partial charge in [-0.05, 0) is 24.6 Å². The van der Waals surface area contributed by atoms with Gasteiger partial charge in [0.15, 0.2) is 11.6 Å². The Morgan fingerprint density at radius 1 is 1.21 bits per heavy atom. The lowest BCUT2D eigenvalue weighted by Crippen LogP contribution is -2.46. The molecule has 1 atom stereocenters. The minimum Gasteiger partial charge on any atom is -0.344 e. The number of hydrogen-bond acceptors (Lipinski definition) is 1. The Kier molecular flexibility index (Phi) is 4.43. The fourth-order valence-electron chi connectivity index (χ4n) is 1.26. The molecule has 0 heterocycles. The van der Waals surface area contributed by atoms with Gasteiger partial charge in [0.2, 0.25) is 0 Å². The number of carbonyl (C=O) groups excluding carboxylic acids is 1. The predicted molar refractivity (Wildman–Crippen MR) is 53.9 cm³/mol. The number of carbonyl (C=O) groups is 1. The summed E-state index contributed by atoms with van der Waals surface area (Å²) in [5.74, 6) is -9.41. The second-order valence-electron chi connectivity index (χ2n) is 3.79. The third-order valence-electron chi connectivity index (χ3n) is 2.37. The summed E-state index contributed by atoms with van der Waals surface area (Å²) in [6.07, 6.45) is -4.15. The normalized spacial score (nSPS) is 13.5. The summed E-state index contributed by atoms with van der Waals surface area (Å²) < 4.78 is 74.7. The van der Waals surface area contributed by atoms with E-state index >= 15 is 0 Å². The Bertz CT molecular complexity index is 476. The molecule has 19 heavy (non-hydrogen) atoms. The molecule has 2 nitrogen and oxygen atoms in total.